The summed E-state index contributed by atoms with van der Waals surface area (Å²) < 4.78 is 0. The van der Waals surface area contributed by atoms with Crippen molar-refractivity contribution in [2.75, 3.05) is 31.1 Å². The highest BCUT2D eigenvalue weighted by Crippen LogP contribution is 2.37. The molecule has 1 aromatic heterocycles. The van der Waals surface area contributed by atoms with Crippen molar-refractivity contribution in [3.05, 3.63) is 18.1 Å². The second kappa shape index (κ2) is 3.70. The lowest BCUT2D eigenvalue weighted by Gasteiger charge is -2.23. The smallest absolute Gasteiger partial charge is 0.147 e. The van der Waals surface area contributed by atoms with Crippen LogP contribution in [-0.4, -0.2) is 36.1 Å². The lowest BCUT2D eigenvalue weighted by Crippen LogP contribution is -2.29. The number of anilines is 1. The highest BCUT2D eigenvalue weighted by atomic mass is 15.2. The number of rotatable bonds is 1. The molecule has 86 valence electrons. The molecule has 0 radical (unpaired) electrons. The average molecular weight is 218 g/mol. The van der Waals surface area contributed by atoms with Crippen molar-refractivity contribution >= 4 is 5.82 Å². The third-order valence-electron chi connectivity index (χ3n) is 3.84. The lowest BCUT2D eigenvalue weighted by atomic mass is 9.87. The first kappa shape index (κ1) is 10.0. The molecule has 3 rings (SSSR count). The largest absolute Gasteiger partial charge is 0.355 e. The minimum atomic E-state index is 0.505. The van der Waals surface area contributed by atoms with E-state index < -0.39 is 0 Å². The van der Waals surface area contributed by atoms with Crippen LogP contribution in [0.25, 0.3) is 0 Å². The summed E-state index contributed by atoms with van der Waals surface area (Å²) in [5.74, 6) is 1.05. The van der Waals surface area contributed by atoms with Crippen molar-refractivity contribution < 1.29 is 0 Å². The molecule has 0 amide bonds. The van der Waals surface area contributed by atoms with Gasteiger partial charge in [-0.3, -0.25) is 4.98 Å². The van der Waals surface area contributed by atoms with E-state index in [1.807, 2.05) is 19.3 Å². The molecule has 0 bridgehead atoms. The van der Waals surface area contributed by atoms with Gasteiger partial charge in [0.05, 0.1) is 11.9 Å². The number of nitrogens with one attached hydrogen (secondary N) is 1. The zero-order valence-electron chi connectivity index (χ0n) is 9.74. The standard InChI is InChI=1S/C12H18N4/c1-10-6-14-7-11(15-10)16-5-3-12(9-16)2-4-13-8-12/h6-7,13H,2-5,8-9H2,1H3. The Morgan fingerprint density at radius 2 is 2.31 bits per heavy atom. The Bertz CT molecular complexity index is 384. The molecule has 1 unspecified atom stereocenters. The molecule has 2 aliphatic rings. The van der Waals surface area contributed by atoms with E-state index in [9.17, 15) is 0 Å². The predicted octanol–water partition coefficient (Wildman–Crippen LogP) is 0.975. The van der Waals surface area contributed by atoms with Crippen LogP contribution in [0.3, 0.4) is 0 Å². The third-order valence-corrected chi connectivity index (χ3v) is 3.84. The molecule has 4 nitrogen and oxygen atoms in total. The first-order chi connectivity index (χ1) is 7.77. The molecule has 2 aliphatic heterocycles. The third kappa shape index (κ3) is 1.67. The van der Waals surface area contributed by atoms with Gasteiger partial charge >= 0.3 is 0 Å². The van der Waals surface area contributed by atoms with Gasteiger partial charge in [-0.25, -0.2) is 4.98 Å². The first-order valence-corrected chi connectivity index (χ1v) is 6.02. The molecule has 2 saturated heterocycles. The maximum absolute atomic E-state index is 4.55. The average Bonchev–Trinajstić information content (AvgIpc) is 2.90. The topological polar surface area (TPSA) is 41.1 Å². The van der Waals surface area contributed by atoms with Crippen molar-refractivity contribution in [3.8, 4) is 0 Å². The van der Waals surface area contributed by atoms with Gasteiger partial charge in [-0.1, -0.05) is 0 Å². The number of hydrogen-bond donors (Lipinski definition) is 1. The molecule has 0 aromatic carbocycles. The van der Waals surface area contributed by atoms with E-state index >= 15 is 0 Å². The van der Waals surface area contributed by atoms with Gasteiger partial charge in [-0.05, 0) is 26.3 Å². The molecule has 1 N–H and O–H groups in total. The molecule has 3 heterocycles. The Labute approximate surface area is 96.1 Å². The normalized spacial score (nSPS) is 29.2. The molecular formula is C12H18N4. The van der Waals surface area contributed by atoms with E-state index in [1.54, 1.807) is 0 Å². The molecule has 4 heteroatoms. The fourth-order valence-electron chi connectivity index (χ4n) is 2.88. The summed E-state index contributed by atoms with van der Waals surface area (Å²) in [5.41, 5.74) is 1.51. The lowest BCUT2D eigenvalue weighted by molar-refractivity contribution is 0.369. The van der Waals surface area contributed by atoms with Gasteiger partial charge < -0.3 is 10.2 Å². The zero-order valence-corrected chi connectivity index (χ0v) is 9.74. The van der Waals surface area contributed by atoms with Crippen LogP contribution in [-0.2, 0) is 0 Å². The summed E-state index contributed by atoms with van der Waals surface area (Å²) >= 11 is 0. The Morgan fingerprint density at radius 1 is 1.38 bits per heavy atom. The summed E-state index contributed by atoms with van der Waals surface area (Å²) in [6.07, 6.45) is 6.29. The van der Waals surface area contributed by atoms with Gasteiger partial charge in [0.25, 0.3) is 0 Å². The first-order valence-electron chi connectivity index (χ1n) is 6.02. The molecule has 1 spiro atoms. The fourth-order valence-corrected chi connectivity index (χ4v) is 2.88. The minimum absolute atomic E-state index is 0.505. The zero-order chi connectivity index (χ0) is 11.0. The summed E-state index contributed by atoms with van der Waals surface area (Å²) in [5, 5.41) is 3.48. The number of hydrogen-bond acceptors (Lipinski definition) is 4. The van der Waals surface area contributed by atoms with Crippen molar-refractivity contribution in [2.45, 2.75) is 19.8 Å². The Morgan fingerprint density at radius 3 is 3.06 bits per heavy atom. The van der Waals surface area contributed by atoms with Crippen molar-refractivity contribution in [2.24, 2.45) is 5.41 Å². The molecule has 0 saturated carbocycles. The van der Waals surface area contributed by atoms with E-state index in [0.29, 0.717) is 5.41 Å². The molecule has 0 aliphatic carbocycles. The molecular weight excluding hydrogens is 200 g/mol. The highest BCUT2D eigenvalue weighted by Gasteiger charge is 2.40. The number of aromatic nitrogens is 2. The van der Waals surface area contributed by atoms with Crippen LogP contribution in [0, 0.1) is 12.3 Å². The van der Waals surface area contributed by atoms with E-state index in [-0.39, 0.29) is 0 Å². The second-order valence-corrected chi connectivity index (χ2v) is 5.12. The maximum Gasteiger partial charge on any atom is 0.147 e. The molecule has 1 aromatic rings. The predicted molar refractivity (Wildman–Crippen MR) is 63.5 cm³/mol. The van der Waals surface area contributed by atoms with E-state index in [1.165, 1.54) is 25.9 Å². The van der Waals surface area contributed by atoms with E-state index in [4.69, 9.17) is 0 Å². The van der Waals surface area contributed by atoms with Crippen LogP contribution in [0.4, 0.5) is 5.82 Å². The Kier molecular flexibility index (Phi) is 2.32. The SMILES string of the molecule is Cc1cncc(N2CCC3(CCNC3)C2)n1. The fraction of sp³-hybridized carbons (Fsp3) is 0.667. The molecule has 16 heavy (non-hydrogen) atoms. The maximum atomic E-state index is 4.55. The van der Waals surface area contributed by atoms with Gasteiger partial charge in [0, 0.05) is 31.2 Å². The Balaban J connectivity index is 1.78. The number of aryl methyl sites for hydroxylation is 1. The van der Waals surface area contributed by atoms with Gasteiger partial charge in [-0.2, -0.15) is 0 Å². The van der Waals surface area contributed by atoms with Crippen molar-refractivity contribution in [3.63, 3.8) is 0 Å². The summed E-state index contributed by atoms with van der Waals surface area (Å²) in [7, 11) is 0. The monoisotopic (exact) mass is 218 g/mol. The van der Waals surface area contributed by atoms with Gasteiger partial charge in [-0.15, -0.1) is 0 Å². The van der Waals surface area contributed by atoms with Crippen LogP contribution >= 0.6 is 0 Å². The highest BCUT2D eigenvalue weighted by molar-refractivity contribution is 5.38. The van der Waals surface area contributed by atoms with Crippen molar-refractivity contribution in [1.29, 1.82) is 0 Å². The van der Waals surface area contributed by atoms with Gasteiger partial charge in [0.15, 0.2) is 0 Å². The van der Waals surface area contributed by atoms with E-state index in [0.717, 1.165) is 24.6 Å². The van der Waals surface area contributed by atoms with Crippen LogP contribution in [0.15, 0.2) is 12.4 Å². The quantitative estimate of drug-likeness (QED) is 0.762. The van der Waals surface area contributed by atoms with Crippen LogP contribution in [0.2, 0.25) is 0 Å². The van der Waals surface area contributed by atoms with E-state index in [2.05, 4.69) is 20.2 Å². The van der Waals surface area contributed by atoms with Gasteiger partial charge in [0.1, 0.15) is 5.82 Å². The second-order valence-electron chi connectivity index (χ2n) is 5.12. The summed E-state index contributed by atoms with van der Waals surface area (Å²) in [6, 6.07) is 0. The van der Waals surface area contributed by atoms with Crippen molar-refractivity contribution in [1.82, 2.24) is 15.3 Å². The minimum Gasteiger partial charge on any atom is -0.355 e. The summed E-state index contributed by atoms with van der Waals surface area (Å²) in [6.45, 7) is 6.60. The summed E-state index contributed by atoms with van der Waals surface area (Å²) in [4.78, 5) is 11.2. The molecule has 1 atom stereocenters. The Hall–Kier alpha value is -1.16. The van der Waals surface area contributed by atoms with Gasteiger partial charge in [0.2, 0.25) is 0 Å². The van der Waals surface area contributed by atoms with Crippen LogP contribution < -0.4 is 10.2 Å². The van der Waals surface area contributed by atoms with Crippen LogP contribution in [0.1, 0.15) is 18.5 Å². The molecule has 2 fully saturated rings. The number of nitrogens with zero attached hydrogens (tertiary/aromatic N) is 3. The van der Waals surface area contributed by atoms with Crippen LogP contribution in [0.5, 0.6) is 0 Å².